The van der Waals surface area contributed by atoms with Gasteiger partial charge in [0, 0.05) is 37.1 Å². The first-order valence-corrected chi connectivity index (χ1v) is 9.58. The number of nitrogens with zero attached hydrogens (tertiary/aromatic N) is 1. The molecule has 1 aromatic carbocycles. The van der Waals surface area contributed by atoms with E-state index in [1.54, 1.807) is 12.1 Å². The quantitative estimate of drug-likeness (QED) is 0.297. The van der Waals surface area contributed by atoms with Crippen LogP contribution in [-0.2, 0) is 10.2 Å². The molecular formula is C20H31FIN3O2. The fourth-order valence-corrected chi connectivity index (χ4v) is 3.67. The van der Waals surface area contributed by atoms with E-state index in [0.717, 1.165) is 50.5 Å². The number of benzene rings is 1. The van der Waals surface area contributed by atoms with Crippen LogP contribution in [0.2, 0.25) is 0 Å². The minimum Gasteiger partial charge on any atom is -0.396 e. The third kappa shape index (κ3) is 5.77. The van der Waals surface area contributed by atoms with Crippen LogP contribution in [0.3, 0.4) is 0 Å². The number of halogens is 2. The van der Waals surface area contributed by atoms with Crippen LogP contribution in [0.5, 0.6) is 0 Å². The Morgan fingerprint density at radius 1 is 1.30 bits per heavy atom. The molecule has 1 unspecified atom stereocenters. The fourth-order valence-electron chi connectivity index (χ4n) is 3.67. The van der Waals surface area contributed by atoms with Gasteiger partial charge in [0.2, 0.25) is 0 Å². The van der Waals surface area contributed by atoms with Crippen molar-refractivity contribution in [3.63, 3.8) is 0 Å². The Morgan fingerprint density at radius 2 is 2.11 bits per heavy atom. The van der Waals surface area contributed by atoms with Crippen molar-refractivity contribution in [1.82, 2.24) is 10.6 Å². The molecule has 5 nitrogen and oxygen atoms in total. The van der Waals surface area contributed by atoms with Crippen LogP contribution in [-0.4, -0.2) is 50.5 Å². The van der Waals surface area contributed by atoms with E-state index >= 15 is 0 Å². The lowest BCUT2D eigenvalue weighted by Crippen LogP contribution is -2.42. The van der Waals surface area contributed by atoms with Gasteiger partial charge in [-0.3, -0.25) is 4.99 Å². The van der Waals surface area contributed by atoms with Gasteiger partial charge in [-0.1, -0.05) is 12.1 Å². The van der Waals surface area contributed by atoms with E-state index in [0.29, 0.717) is 19.6 Å². The lowest BCUT2D eigenvalue weighted by atomic mass is 9.84. The first-order valence-electron chi connectivity index (χ1n) is 9.58. The number of guanidine groups is 1. The molecule has 1 aliphatic heterocycles. The smallest absolute Gasteiger partial charge is 0.191 e. The third-order valence-electron chi connectivity index (χ3n) is 5.63. The molecule has 0 amide bonds. The summed E-state index contributed by atoms with van der Waals surface area (Å²) in [7, 11) is 0. The predicted octanol–water partition coefficient (Wildman–Crippen LogP) is 2.82. The summed E-state index contributed by atoms with van der Waals surface area (Å²) in [6.45, 7) is 5.75. The van der Waals surface area contributed by atoms with Crippen molar-refractivity contribution in [2.75, 3.05) is 39.5 Å². The van der Waals surface area contributed by atoms with Gasteiger partial charge in [0.25, 0.3) is 0 Å². The Morgan fingerprint density at radius 3 is 2.70 bits per heavy atom. The molecule has 1 aliphatic carbocycles. The van der Waals surface area contributed by atoms with Gasteiger partial charge in [0.1, 0.15) is 5.82 Å². The highest BCUT2D eigenvalue weighted by Crippen LogP contribution is 2.47. The molecule has 152 valence electrons. The Bertz CT molecular complexity index is 631. The van der Waals surface area contributed by atoms with Gasteiger partial charge in [-0.15, -0.1) is 24.0 Å². The molecule has 3 rings (SSSR count). The summed E-state index contributed by atoms with van der Waals surface area (Å²) in [5, 5.41) is 16.1. The molecular weight excluding hydrogens is 460 g/mol. The summed E-state index contributed by atoms with van der Waals surface area (Å²) in [6, 6.07) is 6.92. The van der Waals surface area contributed by atoms with Crippen molar-refractivity contribution in [1.29, 1.82) is 0 Å². The van der Waals surface area contributed by atoms with E-state index in [4.69, 9.17) is 9.73 Å². The van der Waals surface area contributed by atoms with Crippen LogP contribution < -0.4 is 10.6 Å². The molecule has 1 saturated heterocycles. The summed E-state index contributed by atoms with van der Waals surface area (Å²) in [6.07, 6.45) is 3.77. The van der Waals surface area contributed by atoms with E-state index in [1.807, 2.05) is 13.0 Å². The zero-order chi connectivity index (χ0) is 18.5. The lowest BCUT2D eigenvalue weighted by Gasteiger charge is -2.25. The standard InChI is InChI=1S/C20H30FN3O2.HI/c1-2-22-18(23-13-19(8-10-25)9-11-26-15-19)24-14-20(6-7-20)16-4-3-5-17(21)12-16;/h3-5,12,25H,2,6-11,13-15H2,1H3,(H2,22,23,24);1H. The maximum absolute atomic E-state index is 13.6. The van der Waals surface area contributed by atoms with Crippen molar-refractivity contribution in [2.45, 2.75) is 38.0 Å². The Balaban J connectivity index is 0.00000261. The van der Waals surface area contributed by atoms with Crippen molar-refractivity contribution in [3.05, 3.63) is 35.6 Å². The van der Waals surface area contributed by atoms with Crippen LogP contribution in [0.4, 0.5) is 4.39 Å². The van der Waals surface area contributed by atoms with Gasteiger partial charge in [-0.25, -0.2) is 4.39 Å². The second-order valence-electron chi connectivity index (χ2n) is 7.62. The van der Waals surface area contributed by atoms with Crippen molar-refractivity contribution in [3.8, 4) is 0 Å². The van der Waals surface area contributed by atoms with Crippen LogP contribution >= 0.6 is 24.0 Å². The van der Waals surface area contributed by atoms with Crippen LogP contribution in [0.25, 0.3) is 0 Å². The molecule has 1 atom stereocenters. The fraction of sp³-hybridized carbons (Fsp3) is 0.650. The summed E-state index contributed by atoms with van der Waals surface area (Å²) < 4.78 is 19.1. The van der Waals surface area contributed by atoms with Crippen LogP contribution in [0.15, 0.2) is 29.3 Å². The molecule has 1 heterocycles. The number of rotatable bonds is 8. The third-order valence-corrected chi connectivity index (χ3v) is 5.63. The number of aliphatic hydroxyl groups is 1. The first kappa shape index (κ1) is 22.4. The Kier molecular flexibility index (Phi) is 8.30. The number of hydrogen-bond acceptors (Lipinski definition) is 3. The predicted molar refractivity (Wildman–Crippen MR) is 116 cm³/mol. The maximum Gasteiger partial charge on any atom is 0.191 e. The Hall–Kier alpha value is -0.930. The molecule has 0 spiro atoms. The summed E-state index contributed by atoms with van der Waals surface area (Å²) in [5.41, 5.74) is 1.01. The largest absolute Gasteiger partial charge is 0.396 e. The van der Waals surface area contributed by atoms with Crippen LogP contribution in [0, 0.1) is 11.2 Å². The summed E-state index contributed by atoms with van der Waals surface area (Å²) in [4.78, 5) is 4.76. The van der Waals surface area contributed by atoms with Gasteiger partial charge in [0.15, 0.2) is 5.96 Å². The normalized spacial score (nSPS) is 23.6. The first-order chi connectivity index (χ1) is 12.6. The highest BCUT2D eigenvalue weighted by atomic mass is 127. The highest BCUT2D eigenvalue weighted by molar-refractivity contribution is 14.0. The average molecular weight is 491 g/mol. The number of nitrogens with one attached hydrogen (secondary N) is 2. The number of aliphatic hydroxyl groups excluding tert-OH is 1. The molecule has 0 bridgehead atoms. The van der Waals surface area contributed by atoms with Crippen molar-refractivity contribution in [2.24, 2.45) is 10.4 Å². The van der Waals surface area contributed by atoms with Gasteiger partial charge in [-0.2, -0.15) is 0 Å². The van der Waals surface area contributed by atoms with E-state index in [-0.39, 0.29) is 47.2 Å². The monoisotopic (exact) mass is 491 g/mol. The molecule has 0 aromatic heterocycles. The summed E-state index contributed by atoms with van der Waals surface area (Å²) in [5.74, 6) is 0.598. The number of aliphatic imine (C=N–C) groups is 1. The molecule has 0 radical (unpaired) electrons. The lowest BCUT2D eigenvalue weighted by molar-refractivity contribution is 0.131. The molecule has 2 fully saturated rings. The second kappa shape index (κ2) is 10.0. The maximum atomic E-state index is 13.6. The van der Waals surface area contributed by atoms with Crippen molar-refractivity contribution >= 4 is 29.9 Å². The molecule has 2 aliphatic rings. The Labute approximate surface area is 178 Å². The van der Waals surface area contributed by atoms with E-state index in [2.05, 4.69) is 10.6 Å². The highest BCUT2D eigenvalue weighted by Gasteiger charge is 2.44. The van der Waals surface area contributed by atoms with Gasteiger partial charge in [-0.05, 0) is 50.3 Å². The van der Waals surface area contributed by atoms with Gasteiger partial charge < -0.3 is 20.5 Å². The zero-order valence-electron chi connectivity index (χ0n) is 16.0. The minimum absolute atomic E-state index is 0. The number of ether oxygens (including phenoxy) is 1. The zero-order valence-corrected chi connectivity index (χ0v) is 18.3. The van der Waals surface area contributed by atoms with Gasteiger partial charge >= 0.3 is 0 Å². The average Bonchev–Trinajstić information content (AvgIpc) is 3.30. The van der Waals surface area contributed by atoms with E-state index in [1.165, 1.54) is 6.07 Å². The minimum atomic E-state index is -0.179. The topological polar surface area (TPSA) is 65.9 Å². The molecule has 1 aromatic rings. The molecule has 1 saturated carbocycles. The SMILES string of the molecule is CCNC(=NCC1(CCO)CCOC1)NCC1(c2cccc(F)c2)CC1.I. The van der Waals surface area contributed by atoms with E-state index in [9.17, 15) is 9.50 Å². The summed E-state index contributed by atoms with van der Waals surface area (Å²) >= 11 is 0. The second-order valence-corrected chi connectivity index (χ2v) is 7.62. The van der Waals surface area contributed by atoms with Crippen LogP contribution in [0.1, 0.15) is 38.2 Å². The molecule has 7 heteroatoms. The van der Waals surface area contributed by atoms with Crippen molar-refractivity contribution < 1.29 is 14.2 Å². The van der Waals surface area contributed by atoms with E-state index < -0.39 is 0 Å². The molecule has 27 heavy (non-hydrogen) atoms. The number of hydrogen-bond donors (Lipinski definition) is 3. The van der Waals surface area contributed by atoms with Gasteiger partial charge in [0.05, 0.1) is 13.2 Å². The molecule has 3 N–H and O–H groups in total.